The van der Waals surface area contributed by atoms with Gasteiger partial charge in [0.25, 0.3) is 11.8 Å². The van der Waals surface area contributed by atoms with Gasteiger partial charge < -0.3 is 33.9 Å². The van der Waals surface area contributed by atoms with Gasteiger partial charge in [0.2, 0.25) is 12.0 Å². The van der Waals surface area contributed by atoms with E-state index in [1.54, 1.807) is 40.3 Å². The fraction of sp³-hybridized carbons (Fsp3) is 0.288. The molecule has 1 fully saturated rings. The zero-order valence-electron chi connectivity index (χ0n) is 37.6. The molecule has 1 aliphatic carbocycles. The van der Waals surface area contributed by atoms with E-state index >= 15 is 0 Å². The monoisotopic (exact) mass is 917 g/mol. The molecule has 0 radical (unpaired) electrons. The van der Waals surface area contributed by atoms with Crippen LogP contribution in [0.3, 0.4) is 0 Å². The number of aliphatic imine (C=N–C) groups is 1. The van der Waals surface area contributed by atoms with Crippen LogP contribution in [-0.4, -0.2) is 87.5 Å². The first-order chi connectivity index (χ1) is 33.0. The average molecular weight is 918 g/mol. The van der Waals surface area contributed by atoms with Crippen LogP contribution in [0.15, 0.2) is 96.0 Å². The molecular weight excluding hydrogens is 871 g/mol. The lowest BCUT2D eigenvalue weighted by atomic mass is 10.1. The number of rotatable bonds is 14. The second kappa shape index (κ2) is 18.0. The molecule has 4 aliphatic heterocycles. The van der Waals surface area contributed by atoms with E-state index in [2.05, 4.69) is 5.32 Å². The number of ketones is 2. The summed E-state index contributed by atoms with van der Waals surface area (Å²) in [6, 6.07) is 26.7. The lowest BCUT2D eigenvalue weighted by molar-refractivity contribution is -0.157. The third-order valence-corrected chi connectivity index (χ3v) is 13.0. The van der Waals surface area contributed by atoms with Crippen molar-refractivity contribution in [3.8, 4) is 23.0 Å². The fourth-order valence-corrected chi connectivity index (χ4v) is 9.55. The van der Waals surface area contributed by atoms with E-state index in [-0.39, 0.29) is 73.4 Å². The van der Waals surface area contributed by atoms with Crippen molar-refractivity contribution in [3.63, 3.8) is 0 Å². The number of carbonyl (C=O) groups is 6. The van der Waals surface area contributed by atoms with Crippen molar-refractivity contribution in [1.82, 2.24) is 0 Å². The number of amides is 3. The smallest absolute Gasteiger partial charge is 0.307 e. The Labute approximate surface area is 391 Å². The highest BCUT2D eigenvalue weighted by Crippen LogP contribution is 2.43. The lowest BCUT2D eigenvalue weighted by Gasteiger charge is -2.23. The minimum Gasteiger partial charge on any atom is -0.493 e. The molecule has 4 heterocycles. The molecule has 0 saturated heterocycles. The highest BCUT2D eigenvalue weighted by atomic mass is 16.6. The Hall–Kier alpha value is -8.01. The normalized spacial score (nSPS) is 17.8. The molecule has 16 heteroatoms. The van der Waals surface area contributed by atoms with Crippen LogP contribution < -0.4 is 39.0 Å². The van der Waals surface area contributed by atoms with Crippen LogP contribution >= 0.6 is 0 Å². The van der Waals surface area contributed by atoms with Gasteiger partial charge in [0.15, 0.2) is 34.6 Å². The molecule has 16 nitrogen and oxygen atoms in total. The maximum atomic E-state index is 14.1. The van der Waals surface area contributed by atoms with Gasteiger partial charge in [-0.15, -0.1) is 0 Å². The number of methoxy groups -OCH3 is 2. The van der Waals surface area contributed by atoms with Crippen molar-refractivity contribution < 1.29 is 52.5 Å². The minimum atomic E-state index is -1.32. The lowest BCUT2D eigenvalue weighted by Crippen LogP contribution is -2.42. The summed E-state index contributed by atoms with van der Waals surface area (Å²) >= 11 is 0. The van der Waals surface area contributed by atoms with Crippen LogP contribution in [0.4, 0.5) is 28.4 Å². The number of benzene rings is 5. The Kier molecular flexibility index (Phi) is 11.6. The highest BCUT2D eigenvalue weighted by molar-refractivity contribution is 6.20. The number of nitrogens with one attached hydrogen (secondary N) is 1. The van der Waals surface area contributed by atoms with Crippen LogP contribution in [-0.2, 0) is 50.0 Å². The first-order valence-corrected chi connectivity index (χ1v) is 22.4. The number of hydrogen-bond donors (Lipinski definition) is 1. The van der Waals surface area contributed by atoms with E-state index in [1.807, 2.05) is 78.7 Å². The van der Waals surface area contributed by atoms with Crippen molar-refractivity contribution >= 4 is 69.9 Å². The number of para-hydroxylation sites is 2. The number of anilines is 4. The number of hydrogen-bond acceptors (Lipinski definition) is 13. The van der Waals surface area contributed by atoms with Gasteiger partial charge in [0, 0.05) is 81.1 Å². The molecule has 68 heavy (non-hydrogen) atoms. The van der Waals surface area contributed by atoms with Crippen molar-refractivity contribution in [2.45, 2.75) is 69.9 Å². The standard InChI is InChI=1S/C52H47N5O11/c1-55(16-8-13-48(60)68-49-42(58)14-15-43(49)59)33-18-29(27-66-46-24-37-35(22-44(46)64-2)51(62)56-34(26-53-37)20-31-9-4-6-11-39(31)56)17-30(19-33)28-67-47-25-38-36(23-45(47)65-3)52(63)57-40-12-7-5-10-32(40)21-41(57)50(61)54-38/h4-7,9-12,17-19,22-26,34,41,49H,8,13-16,20-21,27-28H2,1-3H3,(H,54,61). The molecule has 1 saturated carbocycles. The summed E-state index contributed by atoms with van der Waals surface area (Å²) < 4.78 is 29.6. The van der Waals surface area contributed by atoms with Gasteiger partial charge in [-0.2, -0.15) is 0 Å². The zero-order valence-corrected chi connectivity index (χ0v) is 37.6. The first-order valence-electron chi connectivity index (χ1n) is 22.4. The molecule has 3 amide bonds. The van der Waals surface area contributed by atoms with Gasteiger partial charge >= 0.3 is 5.97 Å². The van der Waals surface area contributed by atoms with Gasteiger partial charge in [-0.3, -0.25) is 43.6 Å². The van der Waals surface area contributed by atoms with Gasteiger partial charge in [-0.25, -0.2) is 0 Å². The zero-order chi connectivity index (χ0) is 47.2. The summed E-state index contributed by atoms with van der Waals surface area (Å²) in [7, 11) is 4.86. The minimum absolute atomic E-state index is 0.00349. The van der Waals surface area contributed by atoms with Crippen LogP contribution in [0, 0.1) is 0 Å². The summed E-state index contributed by atoms with van der Waals surface area (Å²) in [6.45, 7) is 0.508. The van der Waals surface area contributed by atoms with E-state index < -0.39 is 18.1 Å². The van der Waals surface area contributed by atoms with Gasteiger partial charge in [0.1, 0.15) is 19.3 Å². The van der Waals surface area contributed by atoms with Crippen molar-refractivity contribution in [3.05, 3.63) is 124 Å². The number of nitrogens with zero attached hydrogens (tertiary/aromatic N) is 4. The summed E-state index contributed by atoms with van der Waals surface area (Å²) in [4.78, 5) is 88.5. The number of carbonyl (C=O) groups excluding carboxylic acids is 6. The molecule has 5 aromatic carbocycles. The topological polar surface area (TPSA) is 183 Å². The molecule has 2 atom stereocenters. The number of fused-ring (bicyclic) bond motifs is 8. The molecule has 5 aromatic rings. The van der Waals surface area contributed by atoms with Crippen LogP contribution in [0.2, 0.25) is 0 Å². The van der Waals surface area contributed by atoms with E-state index in [0.29, 0.717) is 71.4 Å². The Bertz CT molecular complexity index is 2950. The molecule has 2 unspecified atom stereocenters. The van der Waals surface area contributed by atoms with E-state index in [1.165, 1.54) is 14.2 Å². The van der Waals surface area contributed by atoms with Crippen molar-refractivity contribution in [2.75, 3.05) is 47.8 Å². The second-order valence-electron chi connectivity index (χ2n) is 17.3. The predicted molar refractivity (Wildman–Crippen MR) is 251 cm³/mol. The number of Topliss-reactive ketones (excluding diaryl/α,β-unsaturated/α-hetero) is 2. The SMILES string of the molecule is COc1cc2c(cc1OCc1cc(COc3cc4c(cc3OC)C(=O)N3c5ccccc5CC3C(=O)N4)cc(N(C)CCCC(=O)OC3C(=O)CCC3=O)c1)N=CC1Cc3ccccc3N1C2=O. The number of ether oxygens (including phenoxy) is 5. The predicted octanol–water partition coefficient (Wildman–Crippen LogP) is 6.73. The van der Waals surface area contributed by atoms with Gasteiger partial charge in [-0.1, -0.05) is 36.4 Å². The summed E-state index contributed by atoms with van der Waals surface area (Å²) in [5.74, 6) is -0.872. The Morgan fingerprint density at radius 2 is 1.32 bits per heavy atom. The summed E-state index contributed by atoms with van der Waals surface area (Å²) in [5.41, 5.74) is 7.20. The molecule has 0 bridgehead atoms. The maximum absolute atomic E-state index is 14.1. The van der Waals surface area contributed by atoms with Crippen LogP contribution in [0.1, 0.15) is 68.7 Å². The Balaban J connectivity index is 0.901. The van der Waals surface area contributed by atoms with Gasteiger partial charge in [0.05, 0.1) is 42.8 Å². The third-order valence-electron chi connectivity index (χ3n) is 13.0. The summed E-state index contributed by atoms with van der Waals surface area (Å²) in [5, 5.41) is 2.95. The molecular formula is C52H47N5O11. The molecule has 0 aromatic heterocycles. The van der Waals surface area contributed by atoms with E-state index in [0.717, 1.165) is 33.6 Å². The molecule has 346 valence electrons. The maximum Gasteiger partial charge on any atom is 0.307 e. The molecule has 1 N–H and O–H groups in total. The van der Waals surface area contributed by atoms with Crippen molar-refractivity contribution in [1.29, 1.82) is 0 Å². The van der Waals surface area contributed by atoms with Crippen LogP contribution in [0.25, 0.3) is 0 Å². The quantitative estimate of drug-likeness (QED) is 0.0917. The Morgan fingerprint density at radius 3 is 2.00 bits per heavy atom. The van der Waals surface area contributed by atoms with Crippen molar-refractivity contribution in [2.24, 2.45) is 4.99 Å². The van der Waals surface area contributed by atoms with E-state index in [4.69, 9.17) is 28.7 Å². The first kappa shape index (κ1) is 43.9. The average Bonchev–Trinajstić information content (AvgIpc) is 3.98. The van der Waals surface area contributed by atoms with Crippen LogP contribution in [0.5, 0.6) is 23.0 Å². The summed E-state index contributed by atoms with van der Waals surface area (Å²) in [6.07, 6.45) is 2.06. The molecule has 5 aliphatic rings. The molecule has 0 spiro atoms. The number of esters is 1. The van der Waals surface area contributed by atoms with E-state index in [9.17, 15) is 28.8 Å². The van der Waals surface area contributed by atoms with Gasteiger partial charge in [-0.05, 0) is 71.1 Å². The fourth-order valence-electron chi connectivity index (χ4n) is 9.55. The highest BCUT2D eigenvalue weighted by Gasteiger charge is 2.43. The Morgan fingerprint density at radius 1 is 0.721 bits per heavy atom. The largest absolute Gasteiger partial charge is 0.493 e. The second-order valence-corrected chi connectivity index (χ2v) is 17.3. The molecule has 10 rings (SSSR count). The third kappa shape index (κ3) is 8.15.